The lowest BCUT2D eigenvalue weighted by Gasteiger charge is -2.30. The minimum atomic E-state index is -0.620. The minimum Gasteiger partial charge on any atom is -0.349 e. The summed E-state index contributed by atoms with van der Waals surface area (Å²) in [7, 11) is 0. The summed E-state index contributed by atoms with van der Waals surface area (Å²) in [6.07, 6.45) is 2.22. The lowest BCUT2D eigenvalue weighted by molar-refractivity contribution is 0.0914. The lowest BCUT2D eigenvalue weighted by atomic mass is 9.95. The minimum absolute atomic E-state index is 0. The third-order valence-electron chi connectivity index (χ3n) is 3.96. The number of carbonyl (C=O) groups is 1. The van der Waals surface area contributed by atoms with Crippen LogP contribution in [0.1, 0.15) is 23.7 Å². The topological polar surface area (TPSA) is 120 Å². The van der Waals surface area contributed by atoms with E-state index in [1.165, 1.54) is 12.3 Å². The molecule has 8 nitrogen and oxygen atoms in total. The second-order valence-electron chi connectivity index (χ2n) is 5.58. The molecule has 2 unspecified atom stereocenters. The Labute approximate surface area is 149 Å². The molecule has 0 spiro atoms. The van der Waals surface area contributed by atoms with Crippen LogP contribution >= 0.6 is 24.8 Å². The second kappa shape index (κ2) is 8.27. The molecule has 0 saturated carbocycles. The number of nitrogens with zero attached hydrogens (tertiary/aromatic N) is 1. The molecule has 0 aliphatic carbocycles. The van der Waals surface area contributed by atoms with Gasteiger partial charge in [0.05, 0.1) is 10.9 Å². The number of hydrogen-bond donors (Lipinski definition) is 4. The number of nitrogens with one attached hydrogen (secondary N) is 4. The van der Waals surface area contributed by atoms with E-state index in [2.05, 4.69) is 32.5 Å². The Hall–Kier alpha value is -1.90. The van der Waals surface area contributed by atoms with Crippen LogP contribution in [0.4, 0.5) is 0 Å². The van der Waals surface area contributed by atoms with Gasteiger partial charge in [0.25, 0.3) is 11.5 Å². The van der Waals surface area contributed by atoms with Crippen molar-refractivity contribution in [2.24, 2.45) is 5.92 Å². The molecule has 1 aliphatic heterocycles. The largest absolute Gasteiger partial charge is 0.349 e. The molecule has 10 heteroatoms. The molecule has 0 bridgehead atoms. The van der Waals surface area contributed by atoms with Crippen LogP contribution in [0.2, 0.25) is 0 Å². The van der Waals surface area contributed by atoms with Gasteiger partial charge >= 0.3 is 5.69 Å². The maximum atomic E-state index is 12.3. The summed E-state index contributed by atoms with van der Waals surface area (Å²) < 4.78 is 0. The van der Waals surface area contributed by atoms with Crippen molar-refractivity contribution in [1.82, 2.24) is 25.6 Å². The van der Waals surface area contributed by atoms with Gasteiger partial charge in [-0.05, 0) is 31.5 Å². The highest BCUT2D eigenvalue weighted by molar-refractivity contribution is 5.96. The quantitative estimate of drug-likeness (QED) is 0.596. The molecule has 1 aliphatic rings. The zero-order valence-electron chi connectivity index (χ0n) is 12.9. The fraction of sp³-hybridized carbons (Fsp3) is 0.429. The van der Waals surface area contributed by atoms with Gasteiger partial charge in [-0.25, -0.2) is 9.78 Å². The number of fused-ring (bicyclic) bond motifs is 1. The maximum absolute atomic E-state index is 12.3. The van der Waals surface area contributed by atoms with E-state index >= 15 is 0 Å². The summed E-state index contributed by atoms with van der Waals surface area (Å²) in [5, 5.41) is 6.43. The van der Waals surface area contributed by atoms with E-state index < -0.39 is 11.2 Å². The number of aromatic amines is 2. The number of pyridine rings is 1. The van der Waals surface area contributed by atoms with E-state index in [-0.39, 0.29) is 47.8 Å². The molecule has 0 radical (unpaired) electrons. The van der Waals surface area contributed by atoms with E-state index in [0.717, 1.165) is 19.5 Å². The second-order valence-corrected chi connectivity index (χ2v) is 5.58. The predicted octanol–water partition coefficient (Wildman–Crippen LogP) is 0.183. The summed E-state index contributed by atoms with van der Waals surface area (Å²) in [5.74, 6) is 0.0737. The highest BCUT2D eigenvalue weighted by Crippen LogP contribution is 2.12. The van der Waals surface area contributed by atoms with Gasteiger partial charge in [-0.2, -0.15) is 0 Å². The molecular formula is C14H19Cl2N5O3. The van der Waals surface area contributed by atoms with Gasteiger partial charge < -0.3 is 10.6 Å². The monoisotopic (exact) mass is 375 g/mol. The van der Waals surface area contributed by atoms with Crippen LogP contribution < -0.4 is 21.9 Å². The average molecular weight is 376 g/mol. The van der Waals surface area contributed by atoms with Crippen LogP contribution in [0.5, 0.6) is 0 Å². The molecule has 3 rings (SSSR count). The lowest BCUT2D eigenvalue weighted by Crippen LogP contribution is -2.48. The molecule has 2 atom stereocenters. The molecule has 2 aromatic rings. The summed E-state index contributed by atoms with van der Waals surface area (Å²) in [4.78, 5) is 43.8. The summed E-state index contributed by atoms with van der Waals surface area (Å²) in [6, 6.07) is 1.54. The Bertz CT molecular complexity index is 835. The first-order chi connectivity index (χ1) is 10.5. The smallest absolute Gasteiger partial charge is 0.327 e. The normalized spacial score (nSPS) is 19.9. The number of carbonyl (C=O) groups excluding carboxylic acids is 1. The van der Waals surface area contributed by atoms with Crippen molar-refractivity contribution in [2.45, 2.75) is 19.4 Å². The first kappa shape index (κ1) is 20.1. The summed E-state index contributed by atoms with van der Waals surface area (Å²) >= 11 is 0. The maximum Gasteiger partial charge on any atom is 0.327 e. The van der Waals surface area contributed by atoms with Crippen LogP contribution in [-0.4, -0.2) is 40.0 Å². The fourth-order valence-corrected chi connectivity index (χ4v) is 2.65. The van der Waals surface area contributed by atoms with Crippen molar-refractivity contribution in [2.75, 3.05) is 13.1 Å². The molecule has 4 N–H and O–H groups in total. The Balaban J connectivity index is 0.00000144. The average Bonchev–Trinajstić information content (AvgIpc) is 2.49. The van der Waals surface area contributed by atoms with Gasteiger partial charge in [0.15, 0.2) is 0 Å². The number of hydrogen-bond acceptors (Lipinski definition) is 5. The van der Waals surface area contributed by atoms with E-state index in [0.29, 0.717) is 11.5 Å². The Morgan fingerprint density at radius 1 is 1.29 bits per heavy atom. The van der Waals surface area contributed by atoms with Crippen molar-refractivity contribution in [1.29, 1.82) is 0 Å². The number of aromatic nitrogens is 3. The fourth-order valence-electron chi connectivity index (χ4n) is 2.65. The Morgan fingerprint density at radius 2 is 2.04 bits per heavy atom. The molecular weight excluding hydrogens is 357 g/mol. The van der Waals surface area contributed by atoms with Crippen LogP contribution in [-0.2, 0) is 0 Å². The number of halogens is 2. The zero-order valence-corrected chi connectivity index (χ0v) is 14.6. The Morgan fingerprint density at radius 3 is 2.75 bits per heavy atom. The van der Waals surface area contributed by atoms with Crippen LogP contribution in [0.3, 0.4) is 0 Å². The van der Waals surface area contributed by atoms with Gasteiger partial charge in [0, 0.05) is 12.2 Å². The Kier molecular flexibility index (Phi) is 6.94. The summed E-state index contributed by atoms with van der Waals surface area (Å²) in [6.45, 7) is 3.80. The molecule has 0 aromatic carbocycles. The SMILES string of the molecule is CC1CNCCC1NC(=O)c1cnc2[nH]c(=O)[nH]c(=O)c2c1.Cl.Cl. The van der Waals surface area contributed by atoms with Crippen LogP contribution in [0.15, 0.2) is 21.9 Å². The molecule has 1 saturated heterocycles. The van der Waals surface area contributed by atoms with Crippen LogP contribution in [0, 0.1) is 5.92 Å². The zero-order chi connectivity index (χ0) is 15.7. The van der Waals surface area contributed by atoms with Gasteiger partial charge in [-0.3, -0.25) is 19.6 Å². The molecule has 1 fully saturated rings. The first-order valence-electron chi connectivity index (χ1n) is 7.18. The van der Waals surface area contributed by atoms with Crippen molar-refractivity contribution in [3.05, 3.63) is 38.7 Å². The van der Waals surface area contributed by atoms with Crippen molar-refractivity contribution >= 4 is 41.8 Å². The van der Waals surface area contributed by atoms with E-state index in [1.807, 2.05) is 0 Å². The first-order valence-corrected chi connectivity index (χ1v) is 7.18. The predicted molar refractivity (Wildman–Crippen MR) is 95.4 cm³/mol. The number of H-pyrrole nitrogens is 2. The van der Waals surface area contributed by atoms with Crippen molar-refractivity contribution in [3.8, 4) is 0 Å². The molecule has 3 heterocycles. The van der Waals surface area contributed by atoms with E-state index in [1.54, 1.807) is 0 Å². The molecule has 1 amide bonds. The van der Waals surface area contributed by atoms with Gasteiger partial charge in [-0.15, -0.1) is 24.8 Å². The molecule has 132 valence electrons. The number of piperidine rings is 1. The van der Waals surface area contributed by atoms with E-state index in [9.17, 15) is 14.4 Å². The number of rotatable bonds is 2. The van der Waals surface area contributed by atoms with Crippen LogP contribution in [0.25, 0.3) is 11.0 Å². The van der Waals surface area contributed by atoms with Gasteiger partial charge in [0.2, 0.25) is 0 Å². The van der Waals surface area contributed by atoms with Gasteiger partial charge in [0.1, 0.15) is 5.65 Å². The summed E-state index contributed by atoms with van der Waals surface area (Å²) in [5.41, 5.74) is -0.710. The molecule has 2 aromatic heterocycles. The highest BCUT2D eigenvalue weighted by Gasteiger charge is 2.23. The van der Waals surface area contributed by atoms with Crippen molar-refractivity contribution in [3.63, 3.8) is 0 Å². The third-order valence-corrected chi connectivity index (χ3v) is 3.96. The van der Waals surface area contributed by atoms with E-state index in [4.69, 9.17) is 0 Å². The van der Waals surface area contributed by atoms with Gasteiger partial charge in [-0.1, -0.05) is 6.92 Å². The number of amides is 1. The molecule has 24 heavy (non-hydrogen) atoms. The standard InChI is InChI=1S/C14H17N5O3.2ClH/c1-7-5-15-3-2-10(7)17-12(20)8-4-9-11(16-6-8)18-14(22)19-13(9)21;;/h4,6-7,10,15H,2-3,5H2,1H3,(H,17,20)(H2,16,18,19,21,22);2*1H. The third kappa shape index (κ3) is 4.14. The highest BCUT2D eigenvalue weighted by atomic mass is 35.5. The van der Waals surface area contributed by atoms with Crippen molar-refractivity contribution < 1.29 is 4.79 Å².